The van der Waals surface area contributed by atoms with Crippen LogP contribution in [0.25, 0.3) is 11.0 Å². The van der Waals surface area contributed by atoms with Crippen molar-refractivity contribution in [2.45, 2.75) is 45.7 Å². The Morgan fingerprint density at radius 3 is 2.59 bits per heavy atom. The number of ether oxygens (including phenoxy) is 1. The second kappa shape index (κ2) is 10.6. The number of aryl methyl sites for hydroxylation is 1. The van der Waals surface area contributed by atoms with Crippen LogP contribution in [0.3, 0.4) is 0 Å². The van der Waals surface area contributed by atoms with Crippen molar-refractivity contribution >= 4 is 16.9 Å². The summed E-state index contributed by atoms with van der Waals surface area (Å²) in [6.07, 6.45) is 0.682. The summed E-state index contributed by atoms with van der Waals surface area (Å²) in [5.74, 6) is 0.348. The molecule has 9 heteroatoms. The number of aromatic amines is 1. The van der Waals surface area contributed by atoms with Crippen LogP contribution >= 0.6 is 0 Å². The van der Waals surface area contributed by atoms with Gasteiger partial charge in [-0.05, 0) is 50.2 Å². The predicted molar refractivity (Wildman–Crippen MR) is 133 cm³/mol. The Hall–Kier alpha value is -3.46. The summed E-state index contributed by atoms with van der Waals surface area (Å²) in [6, 6.07) is 9.22. The quantitative estimate of drug-likeness (QED) is 0.501. The van der Waals surface area contributed by atoms with Crippen molar-refractivity contribution in [2.75, 3.05) is 27.7 Å². The van der Waals surface area contributed by atoms with Crippen LogP contribution < -0.4 is 21.3 Å². The van der Waals surface area contributed by atoms with Gasteiger partial charge in [-0.1, -0.05) is 32.9 Å². The number of aromatic nitrogens is 3. The number of hydrogen-bond donors (Lipinski definition) is 2. The first kappa shape index (κ1) is 25.2. The molecule has 1 unspecified atom stereocenters. The van der Waals surface area contributed by atoms with E-state index in [2.05, 4.69) is 15.3 Å². The zero-order valence-corrected chi connectivity index (χ0v) is 20.6. The second-order valence-corrected chi connectivity index (χ2v) is 8.82. The Bertz CT molecular complexity index is 1290. The minimum absolute atomic E-state index is 0.00623. The van der Waals surface area contributed by atoms with Gasteiger partial charge in [-0.15, -0.1) is 0 Å². The molecule has 0 aliphatic heterocycles. The Labute approximate surface area is 198 Å². The molecule has 1 aromatic carbocycles. The lowest BCUT2D eigenvalue weighted by atomic mass is 10.0. The van der Waals surface area contributed by atoms with E-state index in [-0.39, 0.29) is 28.6 Å². The molecule has 1 amide bonds. The highest BCUT2D eigenvalue weighted by Gasteiger charge is 2.22. The van der Waals surface area contributed by atoms with Crippen LogP contribution in [0.1, 0.15) is 60.8 Å². The Morgan fingerprint density at radius 1 is 1.24 bits per heavy atom. The molecule has 1 atom stereocenters. The third-order valence-electron chi connectivity index (χ3n) is 5.81. The summed E-state index contributed by atoms with van der Waals surface area (Å²) in [7, 11) is 5.48. The fraction of sp³-hybridized carbons (Fsp3) is 0.440. The van der Waals surface area contributed by atoms with E-state index in [0.717, 1.165) is 11.3 Å². The third-order valence-corrected chi connectivity index (χ3v) is 5.81. The number of benzene rings is 1. The molecule has 3 aromatic rings. The number of carbonyl (C=O) groups excluding carboxylic acids is 1. The second-order valence-electron chi connectivity index (χ2n) is 8.82. The van der Waals surface area contributed by atoms with Gasteiger partial charge in [0.2, 0.25) is 0 Å². The summed E-state index contributed by atoms with van der Waals surface area (Å²) in [4.78, 5) is 47.6. The SMILES string of the molecule is CCCn1c(=O)[nH]c(=O)c2c(C(=O)NCC(c3cccc(OC)c3)N(C)C)cc(C(C)C)nc21. The van der Waals surface area contributed by atoms with E-state index in [0.29, 0.717) is 25.2 Å². The van der Waals surface area contributed by atoms with Gasteiger partial charge < -0.3 is 15.0 Å². The topological polar surface area (TPSA) is 109 Å². The van der Waals surface area contributed by atoms with Crippen LogP contribution in [-0.4, -0.2) is 53.1 Å². The molecule has 0 bridgehead atoms. The molecule has 9 nitrogen and oxygen atoms in total. The number of carbonyl (C=O) groups is 1. The molecule has 0 fully saturated rings. The van der Waals surface area contributed by atoms with Gasteiger partial charge >= 0.3 is 5.69 Å². The minimum atomic E-state index is -0.614. The smallest absolute Gasteiger partial charge is 0.329 e. The van der Waals surface area contributed by atoms with E-state index >= 15 is 0 Å². The van der Waals surface area contributed by atoms with Crippen LogP contribution in [0.5, 0.6) is 5.75 Å². The molecule has 2 heterocycles. The lowest BCUT2D eigenvalue weighted by Crippen LogP contribution is -2.36. The van der Waals surface area contributed by atoms with Crippen LogP contribution in [0.4, 0.5) is 0 Å². The number of rotatable bonds is 9. The lowest BCUT2D eigenvalue weighted by Gasteiger charge is -2.25. The van der Waals surface area contributed by atoms with Crippen molar-refractivity contribution in [1.29, 1.82) is 0 Å². The van der Waals surface area contributed by atoms with E-state index in [1.165, 1.54) is 4.57 Å². The van der Waals surface area contributed by atoms with E-state index in [4.69, 9.17) is 4.74 Å². The number of hydrogen-bond acceptors (Lipinski definition) is 6. The van der Waals surface area contributed by atoms with E-state index in [1.54, 1.807) is 13.2 Å². The van der Waals surface area contributed by atoms with Crippen LogP contribution in [0, 0.1) is 0 Å². The molecule has 2 N–H and O–H groups in total. The predicted octanol–water partition coefficient (Wildman–Crippen LogP) is 2.66. The summed E-state index contributed by atoms with van der Waals surface area (Å²) in [6.45, 7) is 6.54. The summed E-state index contributed by atoms with van der Waals surface area (Å²) >= 11 is 0. The largest absolute Gasteiger partial charge is 0.497 e. The van der Waals surface area contributed by atoms with Gasteiger partial charge in [0.25, 0.3) is 11.5 Å². The van der Waals surface area contributed by atoms with E-state index in [1.807, 2.05) is 64.0 Å². The monoisotopic (exact) mass is 467 g/mol. The van der Waals surface area contributed by atoms with Gasteiger partial charge in [0.1, 0.15) is 5.75 Å². The number of nitrogens with one attached hydrogen (secondary N) is 2. The van der Waals surface area contributed by atoms with E-state index in [9.17, 15) is 14.4 Å². The maximum absolute atomic E-state index is 13.4. The highest BCUT2D eigenvalue weighted by Crippen LogP contribution is 2.23. The van der Waals surface area contributed by atoms with Gasteiger partial charge in [-0.2, -0.15) is 0 Å². The highest BCUT2D eigenvalue weighted by molar-refractivity contribution is 6.05. The normalized spacial score (nSPS) is 12.4. The summed E-state index contributed by atoms with van der Waals surface area (Å²) in [5.41, 5.74) is 0.945. The van der Waals surface area contributed by atoms with Crippen molar-refractivity contribution in [1.82, 2.24) is 24.8 Å². The zero-order chi connectivity index (χ0) is 25.0. The maximum atomic E-state index is 13.4. The molecule has 2 aromatic heterocycles. The maximum Gasteiger partial charge on any atom is 0.329 e. The van der Waals surface area contributed by atoms with Crippen LogP contribution in [0.15, 0.2) is 39.9 Å². The molecule has 182 valence electrons. The number of pyridine rings is 1. The highest BCUT2D eigenvalue weighted by atomic mass is 16.5. The molecular formula is C25H33N5O4. The molecule has 0 saturated heterocycles. The molecule has 34 heavy (non-hydrogen) atoms. The number of methoxy groups -OCH3 is 1. The number of nitrogens with zero attached hydrogens (tertiary/aromatic N) is 3. The molecule has 0 aliphatic carbocycles. The molecular weight excluding hydrogens is 434 g/mol. The third kappa shape index (κ3) is 5.20. The number of fused-ring (bicyclic) bond motifs is 1. The summed E-state index contributed by atoms with van der Waals surface area (Å²) < 4.78 is 6.77. The molecule has 0 radical (unpaired) electrons. The summed E-state index contributed by atoms with van der Waals surface area (Å²) in [5, 5.41) is 3.10. The lowest BCUT2D eigenvalue weighted by molar-refractivity contribution is 0.0943. The Balaban J connectivity index is 2.05. The van der Waals surface area contributed by atoms with Gasteiger partial charge in [0.15, 0.2) is 5.65 Å². The van der Waals surface area contributed by atoms with Crippen molar-refractivity contribution in [2.24, 2.45) is 0 Å². The van der Waals surface area contributed by atoms with Crippen molar-refractivity contribution in [3.8, 4) is 5.75 Å². The number of amides is 1. The average Bonchev–Trinajstić information content (AvgIpc) is 2.80. The van der Waals surface area contributed by atoms with Gasteiger partial charge in [0, 0.05) is 18.8 Å². The van der Waals surface area contributed by atoms with Crippen molar-refractivity contribution in [3.05, 3.63) is 68.0 Å². The minimum Gasteiger partial charge on any atom is -0.497 e. The first-order valence-electron chi connectivity index (χ1n) is 11.4. The van der Waals surface area contributed by atoms with Gasteiger partial charge in [0.05, 0.1) is 24.1 Å². The van der Waals surface area contributed by atoms with Crippen molar-refractivity contribution < 1.29 is 9.53 Å². The van der Waals surface area contributed by atoms with Crippen LogP contribution in [0.2, 0.25) is 0 Å². The van der Waals surface area contributed by atoms with Crippen LogP contribution in [-0.2, 0) is 6.54 Å². The van der Waals surface area contributed by atoms with E-state index < -0.39 is 17.2 Å². The standard InChI is InChI=1S/C25H33N5O4/c1-7-11-30-22-21(24(32)28-25(30)33)18(13-19(27-22)15(2)3)23(31)26-14-20(29(4)5)16-9-8-10-17(12-16)34-6/h8-10,12-13,15,20H,7,11,14H2,1-6H3,(H,26,31)(H,28,32,33). The zero-order valence-electron chi connectivity index (χ0n) is 20.6. The average molecular weight is 468 g/mol. The Kier molecular flexibility index (Phi) is 7.88. The molecule has 0 saturated carbocycles. The van der Waals surface area contributed by atoms with Crippen molar-refractivity contribution in [3.63, 3.8) is 0 Å². The number of likely N-dealkylation sites (N-methyl/N-ethyl adjacent to an activating group) is 1. The molecule has 0 aliphatic rings. The first-order valence-corrected chi connectivity index (χ1v) is 11.4. The first-order chi connectivity index (χ1) is 16.2. The number of H-pyrrole nitrogens is 1. The molecule has 0 spiro atoms. The Morgan fingerprint density at radius 2 is 1.97 bits per heavy atom. The van der Waals surface area contributed by atoms with Gasteiger partial charge in [-0.3, -0.25) is 19.1 Å². The fourth-order valence-corrected chi connectivity index (χ4v) is 3.93. The van der Waals surface area contributed by atoms with Gasteiger partial charge in [-0.25, -0.2) is 9.78 Å². The molecule has 3 rings (SSSR count). The fourth-order valence-electron chi connectivity index (χ4n) is 3.93.